The quantitative estimate of drug-likeness (QED) is 0.775. The van der Waals surface area contributed by atoms with Crippen LogP contribution in [0.15, 0.2) is 5.38 Å². The first-order valence-electron chi connectivity index (χ1n) is 4.37. The maximum atomic E-state index is 11.6. The molecule has 5 heteroatoms. The first kappa shape index (κ1) is 11.0. The number of carbonyl (C=O) groups excluding carboxylic acids is 1. The first-order chi connectivity index (χ1) is 6.48. The monoisotopic (exact) mass is 214 g/mol. The van der Waals surface area contributed by atoms with E-state index >= 15 is 0 Å². The lowest BCUT2D eigenvalue weighted by Gasteiger charge is -2.19. The Bertz CT molecular complexity index is 333. The van der Waals surface area contributed by atoms with E-state index in [0.717, 1.165) is 0 Å². The number of hydrogen-bond acceptors (Lipinski definition) is 5. The highest BCUT2D eigenvalue weighted by atomic mass is 32.1. The van der Waals surface area contributed by atoms with Crippen LogP contribution in [0.2, 0.25) is 0 Å². The summed E-state index contributed by atoms with van der Waals surface area (Å²) in [6.45, 7) is 5.71. The van der Waals surface area contributed by atoms with E-state index in [1.807, 2.05) is 0 Å². The van der Waals surface area contributed by atoms with Crippen molar-refractivity contribution in [3.05, 3.63) is 11.1 Å². The normalized spacial score (nSPS) is 11.4. The SMILES string of the molecule is CCOC(=O)C(C)(C)c1csc(N)n1. The Morgan fingerprint density at radius 2 is 2.36 bits per heavy atom. The number of rotatable bonds is 3. The summed E-state index contributed by atoms with van der Waals surface area (Å²) in [6, 6.07) is 0. The molecule has 1 rings (SSSR count). The predicted octanol–water partition coefficient (Wildman–Crippen LogP) is 1.57. The molecule has 1 aromatic rings. The molecule has 78 valence electrons. The minimum Gasteiger partial charge on any atom is -0.465 e. The van der Waals surface area contributed by atoms with Crippen LogP contribution in [0.25, 0.3) is 0 Å². The number of nitrogens with two attached hydrogens (primary N) is 1. The Kier molecular flexibility index (Phi) is 3.10. The molecule has 0 saturated heterocycles. The third-order valence-electron chi connectivity index (χ3n) is 1.95. The van der Waals surface area contributed by atoms with Crippen molar-refractivity contribution in [1.82, 2.24) is 4.98 Å². The maximum Gasteiger partial charge on any atom is 0.317 e. The Morgan fingerprint density at radius 1 is 1.71 bits per heavy atom. The Labute approximate surface area is 87.1 Å². The second-order valence-corrected chi connectivity index (χ2v) is 4.31. The lowest BCUT2D eigenvalue weighted by molar-refractivity contribution is -0.148. The number of anilines is 1. The molecule has 0 aliphatic carbocycles. The van der Waals surface area contributed by atoms with E-state index in [1.165, 1.54) is 11.3 Å². The Hall–Kier alpha value is -1.10. The smallest absolute Gasteiger partial charge is 0.317 e. The topological polar surface area (TPSA) is 65.2 Å². The fourth-order valence-corrected chi connectivity index (χ4v) is 1.72. The second kappa shape index (κ2) is 3.96. The van der Waals surface area contributed by atoms with Gasteiger partial charge in [0.1, 0.15) is 5.41 Å². The molecular weight excluding hydrogens is 200 g/mol. The van der Waals surface area contributed by atoms with Gasteiger partial charge in [-0.05, 0) is 20.8 Å². The molecule has 2 N–H and O–H groups in total. The van der Waals surface area contributed by atoms with Crippen molar-refractivity contribution >= 4 is 22.4 Å². The third kappa shape index (κ3) is 2.04. The minimum absolute atomic E-state index is 0.273. The predicted molar refractivity (Wildman–Crippen MR) is 56.2 cm³/mol. The van der Waals surface area contributed by atoms with Gasteiger partial charge in [-0.3, -0.25) is 4.79 Å². The molecule has 0 aromatic carbocycles. The molecule has 14 heavy (non-hydrogen) atoms. The van der Waals surface area contributed by atoms with Crippen LogP contribution in [0, 0.1) is 0 Å². The number of carbonyl (C=O) groups is 1. The van der Waals surface area contributed by atoms with Gasteiger partial charge < -0.3 is 10.5 Å². The van der Waals surface area contributed by atoms with E-state index in [0.29, 0.717) is 17.4 Å². The van der Waals surface area contributed by atoms with Gasteiger partial charge in [0.15, 0.2) is 5.13 Å². The average Bonchev–Trinajstić information content (AvgIpc) is 2.52. The lowest BCUT2D eigenvalue weighted by atomic mass is 9.90. The summed E-state index contributed by atoms with van der Waals surface area (Å²) in [5.41, 5.74) is 5.45. The Balaban J connectivity index is 2.89. The summed E-state index contributed by atoms with van der Waals surface area (Å²) in [5, 5.41) is 2.25. The van der Waals surface area contributed by atoms with Crippen molar-refractivity contribution in [3.8, 4) is 0 Å². The fraction of sp³-hybridized carbons (Fsp3) is 0.556. The van der Waals surface area contributed by atoms with Crippen LogP contribution in [-0.4, -0.2) is 17.6 Å². The van der Waals surface area contributed by atoms with Crippen molar-refractivity contribution in [2.24, 2.45) is 0 Å². The largest absolute Gasteiger partial charge is 0.465 e. The van der Waals surface area contributed by atoms with E-state index in [-0.39, 0.29) is 5.97 Å². The number of nitrogen functional groups attached to an aromatic ring is 1. The zero-order valence-electron chi connectivity index (χ0n) is 8.53. The fourth-order valence-electron chi connectivity index (χ4n) is 0.991. The highest BCUT2D eigenvalue weighted by Gasteiger charge is 2.33. The van der Waals surface area contributed by atoms with Crippen LogP contribution in [0.5, 0.6) is 0 Å². The maximum absolute atomic E-state index is 11.6. The molecule has 0 aliphatic heterocycles. The van der Waals surface area contributed by atoms with Gasteiger partial charge in [0.25, 0.3) is 0 Å². The van der Waals surface area contributed by atoms with Crippen molar-refractivity contribution in [2.75, 3.05) is 12.3 Å². The van der Waals surface area contributed by atoms with Gasteiger partial charge in [-0.15, -0.1) is 11.3 Å². The van der Waals surface area contributed by atoms with Crippen molar-refractivity contribution in [3.63, 3.8) is 0 Å². The zero-order valence-corrected chi connectivity index (χ0v) is 9.35. The molecule has 0 atom stereocenters. The van der Waals surface area contributed by atoms with E-state index in [9.17, 15) is 4.79 Å². The summed E-state index contributed by atoms with van der Waals surface area (Å²) in [5.74, 6) is -0.273. The van der Waals surface area contributed by atoms with E-state index in [4.69, 9.17) is 10.5 Å². The number of hydrogen-bond donors (Lipinski definition) is 1. The number of ether oxygens (including phenoxy) is 1. The van der Waals surface area contributed by atoms with E-state index in [1.54, 1.807) is 26.2 Å². The molecule has 1 heterocycles. The molecule has 0 radical (unpaired) electrons. The van der Waals surface area contributed by atoms with Gasteiger partial charge in [-0.25, -0.2) is 4.98 Å². The number of thiazole rings is 1. The van der Waals surface area contributed by atoms with Crippen molar-refractivity contribution in [2.45, 2.75) is 26.2 Å². The lowest BCUT2D eigenvalue weighted by Crippen LogP contribution is -2.31. The van der Waals surface area contributed by atoms with Gasteiger partial charge in [-0.2, -0.15) is 0 Å². The van der Waals surface area contributed by atoms with Crippen LogP contribution >= 0.6 is 11.3 Å². The van der Waals surface area contributed by atoms with Gasteiger partial charge in [0.05, 0.1) is 12.3 Å². The molecular formula is C9H14N2O2S. The van der Waals surface area contributed by atoms with Gasteiger partial charge in [0, 0.05) is 5.38 Å². The molecule has 0 bridgehead atoms. The molecule has 1 aromatic heterocycles. The van der Waals surface area contributed by atoms with Crippen molar-refractivity contribution in [1.29, 1.82) is 0 Å². The molecule has 0 amide bonds. The molecule has 0 unspecified atom stereocenters. The second-order valence-electron chi connectivity index (χ2n) is 3.42. The molecule has 4 nitrogen and oxygen atoms in total. The standard InChI is InChI=1S/C9H14N2O2S/c1-4-13-7(12)9(2,3)6-5-14-8(10)11-6/h5H,4H2,1-3H3,(H2,10,11). The summed E-state index contributed by atoms with van der Waals surface area (Å²) in [4.78, 5) is 15.7. The molecule has 0 fully saturated rings. The van der Waals surface area contributed by atoms with E-state index < -0.39 is 5.41 Å². The summed E-state index contributed by atoms with van der Waals surface area (Å²) >= 11 is 1.33. The molecule has 0 aliphatic rings. The van der Waals surface area contributed by atoms with Crippen molar-refractivity contribution < 1.29 is 9.53 Å². The zero-order chi connectivity index (χ0) is 10.8. The minimum atomic E-state index is -0.718. The van der Waals surface area contributed by atoms with Gasteiger partial charge >= 0.3 is 5.97 Å². The summed E-state index contributed by atoms with van der Waals surface area (Å²) in [6.07, 6.45) is 0. The van der Waals surface area contributed by atoms with Crippen LogP contribution in [0.3, 0.4) is 0 Å². The number of esters is 1. The molecule has 0 saturated carbocycles. The third-order valence-corrected chi connectivity index (χ3v) is 2.62. The van der Waals surface area contributed by atoms with Gasteiger partial charge in [-0.1, -0.05) is 0 Å². The summed E-state index contributed by atoms with van der Waals surface area (Å²) < 4.78 is 4.96. The number of nitrogens with zero attached hydrogens (tertiary/aromatic N) is 1. The van der Waals surface area contributed by atoms with Crippen LogP contribution in [-0.2, 0) is 14.9 Å². The van der Waals surface area contributed by atoms with Gasteiger partial charge in [0.2, 0.25) is 0 Å². The highest BCUT2D eigenvalue weighted by molar-refractivity contribution is 7.13. The highest BCUT2D eigenvalue weighted by Crippen LogP contribution is 2.26. The van der Waals surface area contributed by atoms with Crippen LogP contribution < -0.4 is 5.73 Å². The average molecular weight is 214 g/mol. The summed E-state index contributed by atoms with van der Waals surface area (Å²) in [7, 11) is 0. The van der Waals surface area contributed by atoms with E-state index in [2.05, 4.69) is 4.98 Å². The van der Waals surface area contributed by atoms with Crippen LogP contribution in [0.4, 0.5) is 5.13 Å². The van der Waals surface area contributed by atoms with Crippen LogP contribution in [0.1, 0.15) is 26.5 Å². The first-order valence-corrected chi connectivity index (χ1v) is 5.25. The Morgan fingerprint density at radius 3 is 2.79 bits per heavy atom. The molecule has 0 spiro atoms. The number of aromatic nitrogens is 1.